The van der Waals surface area contributed by atoms with Crippen molar-refractivity contribution in [3.8, 4) is 33.6 Å². The number of nitrogens with zero attached hydrogens (tertiary/aromatic N) is 2. The largest absolute Gasteiger partial charge is 2.00 e. The Morgan fingerprint density at radius 2 is 1.41 bits per heavy atom. The molecule has 0 saturated heterocycles. The van der Waals surface area contributed by atoms with Gasteiger partial charge in [-0.05, 0) is 29.8 Å². The second kappa shape index (κ2) is 10.3. The molecule has 5 aromatic rings. The van der Waals surface area contributed by atoms with Gasteiger partial charge in [0.05, 0.1) is 5.69 Å². The summed E-state index contributed by atoms with van der Waals surface area (Å²) in [6.45, 7) is 4.44. The molecule has 3 heteroatoms. The number of aromatic nitrogens is 2. The fourth-order valence-corrected chi connectivity index (χ4v) is 4.02. The quantitative estimate of drug-likeness (QED) is 0.192. The summed E-state index contributed by atoms with van der Waals surface area (Å²) >= 11 is 0. The summed E-state index contributed by atoms with van der Waals surface area (Å²) in [7, 11) is 0. The van der Waals surface area contributed by atoms with Gasteiger partial charge in [0.25, 0.3) is 0 Å². The van der Waals surface area contributed by atoms with Gasteiger partial charge in [0.15, 0.2) is 0 Å². The van der Waals surface area contributed by atoms with Gasteiger partial charge in [-0.25, -0.2) is 5.56 Å². The van der Waals surface area contributed by atoms with Gasteiger partial charge in [0.2, 0.25) is 0 Å². The van der Waals surface area contributed by atoms with Gasteiger partial charge < -0.3 is 0 Å². The Kier molecular flexibility index (Phi) is 7.20. The zero-order valence-electron chi connectivity index (χ0n) is 19.1. The summed E-state index contributed by atoms with van der Waals surface area (Å²) in [4.78, 5) is 9.58. The predicted molar refractivity (Wildman–Crippen MR) is 135 cm³/mol. The topological polar surface area (TPSA) is 25.8 Å². The van der Waals surface area contributed by atoms with Crippen LogP contribution in [0.2, 0.25) is 0 Å². The molecular weight excluding hydrogens is 595 g/mol. The Labute approximate surface area is 216 Å². The molecule has 0 fully saturated rings. The van der Waals surface area contributed by atoms with Crippen LogP contribution in [-0.2, 0) is 26.5 Å². The predicted octanol–water partition coefficient (Wildman–Crippen LogP) is 7.40. The van der Waals surface area contributed by atoms with E-state index < -0.39 is 0 Å². The van der Waals surface area contributed by atoms with Crippen LogP contribution in [0.25, 0.3) is 33.6 Å². The minimum absolute atomic E-state index is 0. The van der Waals surface area contributed by atoms with E-state index in [1.165, 1.54) is 5.56 Å². The molecule has 0 spiro atoms. The van der Waals surface area contributed by atoms with Crippen LogP contribution < -0.4 is 0 Å². The number of hydrogen-bond acceptors (Lipinski definition) is 2. The Hall–Kier alpha value is -3.35. The minimum Gasteiger partial charge on any atom is -0.291 e. The van der Waals surface area contributed by atoms with Crippen LogP contribution in [-0.4, -0.2) is 9.97 Å². The molecule has 168 valence electrons. The van der Waals surface area contributed by atoms with E-state index in [0.717, 1.165) is 39.3 Å². The third kappa shape index (κ3) is 4.93. The summed E-state index contributed by atoms with van der Waals surface area (Å²) in [6.07, 6.45) is 1.83. The number of benzene rings is 3. The molecule has 5 rings (SSSR count). The summed E-state index contributed by atoms with van der Waals surface area (Å²) in [6, 6.07) is 41.8. The van der Waals surface area contributed by atoms with Crippen LogP contribution in [0.1, 0.15) is 25.1 Å². The Morgan fingerprint density at radius 3 is 2.21 bits per heavy atom. The van der Waals surface area contributed by atoms with E-state index in [1.807, 2.05) is 48.7 Å². The molecule has 0 N–H and O–H groups in total. The molecule has 2 heterocycles. The van der Waals surface area contributed by atoms with Crippen LogP contribution in [0.5, 0.6) is 0 Å². The first-order valence-electron chi connectivity index (χ1n) is 11.1. The molecule has 0 bridgehead atoms. The second-order valence-electron chi connectivity index (χ2n) is 8.58. The third-order valence-electron chi connectivity index (χ3n) is 6.00. The van der Waals surface area contributed by atoms with Crippen LogP contribution in [0.3, 0.4) is 0 Å². The molecule has 0 aliphatic heterocycles. The van der Waals surface area contributed by atoms with Crippen molar-refractivity contribution in [1.82, 2.24) is 9.97 Å². The van der Waals surface area contributed by atoms with Crippen molar-refractivity contribution in [3.05, 3.63) is 133 Å². The summed E-state index contributed by atoms with van der Waals surface area (Å²) in [5.74, 6) is 0. The SMILES string of the molecule is CC(C)(c1cccc(-c2ccccn2)c1)c1cccc(-c2[c-]c(-c3[c-]cccc3)ccc2)n1.[Pt+2]. The molecule has 2 aromatic heterocycles. The molecule has 0 atom stereocenters. The summed E-state index contributed by atoms with van der Waals surface area (Å²) in [5, 5.41) is 0. The molecule has 0 radical (unpaired) electrons. The number of pyridine rings is 2. The van der Waals surface area contributed by atoms with Gasteiger partial charge in [-0.1, -0.05) is 50.2 Å². The maximum Gasteiger partial charge on any atom is 2.00 e. The standard InChI is InChI=1S/C31H24N2.Pt/c1-31(2,27-16-9-15-26(22-27)28-17-6-7-20-32-28)30-19-10-18-29(33-30)25-14-8-13-24(21-25)23-11-4-3-5-12-23;/h3-11,13-20,22H,1-2H3;/q-2;+2. The fraction of sp³-hybridized carbons (Fsp3) is 0.0968. The van der Waals surface area contributed by atoms with Crippen molar-refractivity contribution in [2.75, 3.05) is 0 Å². The zero-order valence-corrected chi connectivity index (χ0v) is 21.4. The van der Waals surface area contributed by atoms with Crippen LogP contribution in [0, 0.1) is 12.1 Å². The van der Waals surface area contributed by atoms with E-state index in [-0.39, 0.29) is 26.5 Å². The summed E-state index contributed by atoms with van der Waals surface area (Å²) in [5.41, 5.74) is 7.97. The van der Waals surface area contributed by atoms with Gasteiger partial charge in [0, 0.05) is 28.6 Å². The van der Waals surface area contributed by atoms with Gasteiger partial charge in [-0.15, -0.1) is 23.8 Å². The molecule has 0 amide bonds. The van der Waals surface area contributed by atoms with E-state index in [4.69, 9.17) is 4.98 Å². The third-order valence-corrected chi connectivity index (χ3v) is 6.00. The fourth-order valence-electron chi connectivity index (χ4n) is 4.02. The minimum atomic E-state index is -0.272. The average Bonchev–Trinajstić information content (AvgIpc) is 2.90. The van der Waals surface area contributed by atoms with Crippen molar-refractivity contribution < 1.29 is 21.1 Å². The van der Waals surface area contributed by atoms with Crippen LogP contribution in [0.4, 0.5) is 0 Å². The Balaban J connectivity index is 0.00000274. The van der Waals surface area contributed by atoms with Gasteiger partial charge >= 0.3 is 21.1 Å². The molecule has 34 heavy (non-hydrogen) atoms. The smallest absolute Gasteiger partial charge is 0.291 e. The molecule has 3 aromatic carbocycles. The molecule has 0 aliphatic rings. The van der Waals surface area contributed by atoms with Gasteiger partial charge in [-0.2, -0.15) is 42.0 Å². The van der Waals surface area contributed by atoms with Crippen LogP contribution in [0.15, 0.2) is 109 Å². The molecule has 0 unspecified atom stereocenters. The zero-order chi connectivity index (χ0) is 22.7. The van der Waals surface area contributed by atoms with Crippen molar-refractivity contribution in [2.45, 2.75) is 19.3 Å². The Bertz CT molecular complexity index is 1380. The number of rotatable bonds is 5. The first-order valence-corrected chi connectivity index (χ1v) is 11.1. The monoisotopic (exact) mass is 619 g/mol. The van der Waals surface area contributed by atoms with Crippen molar-refractivity contribution in [3.63, 3.8) is 0 Å². The van der Waals surface area contributed by atoms with Gasteiger partial charge in [0.1, 0.15) is 0 Å². The maximum atomic E-state index is 5.07. The van der Waals surface area contributed by atoms with Gasteiger partial charge in [-0.3, -0.25) is 9.97 Å². The molecule has 2 nitrogen and oxygen atoms in total. The Morgan fingerprint density at radius 1 is 0.676 bits per heavy atom. The normalized spacial score (nSPS) is 11.0. The van der Waals surface area contributed by atoms with E-state index >= 15 is 0 Å². The van der Waals surface area contributed by atoms with Crippen molar-refractivity contribution in [2.24, 2.45) is 0 Å². The van der Waals surface area contributed by atoms with Crippen molar-refractivity contribution >= 4 is 0 Å². The molecule has 0 aliphatic carbocycles. The van der Waals surface area contributed by atoms with Crippen LogP contribution >= 0.6 is 0 Å². The number of hydrogen-bond donors (Lipinski definition) is 0. The van der Waals surface area contributed by atoms with E-state index in [2.05, 4.69) is 91.6 Å². The average molecular weight is 620 g/mol. The molecule has 0 saturated carbocycles. The van der Waals surface area contributed by atoms with Crippen molar-refractivity contribution in [1.29, 1.82) is 0 Å². The first-order chi connectivity index (χ1) is 16.1. The summed E-state index contributed by atoms with van der Waals surface area (Å²) < 4.78 is 0. The van der Waals surface area contributed by atoms with E-state index in [9.17, 15) is 0 Å². The first kappa shape index (κ1) is 23.8. The second-order valence-corrected chi connectivity index (χ2v) is 8.58. The van der Waals surface area contributed by atoms with E-state index in [1.54, 1.807) is 0 Å². The van der Waals surface area contributed by atoms with E-state index in [0.29, 0.717) is 0 Å². The molecular formula is C31H24N2Pt. The maximum absolute atomic E-state index is 5.07.